The second-order valence-electron chi connectivity index (χ2n) is 3.71. The normalized spacial score (nSPS) is 13.5. The first-order valence-corrected chi connectivity index (χ1v) is 4.77. The average Bonchev–Trinajstić information content (AvgIpc) is 2.52. The van der Waals surface area contributed by atoms with E-state index in [0.29, 0.717) is 12.5 Å². The smallest absolute Gasteiger partial charge is 0.121 e. The van der Waals surface area contributed by atoms with Gasteiger partial charge in [0.25, 0.3) is 0 Å². The Morgan fingerprint density at radius 1 is 1.43 bits per heavy atom. The van der Waals surface area contributed by atoms with Crippen LogP contribution in [-0.4, -0.2) is 28.1 Å². The summed E-state index contributed by atoms with van der Waals surface area (Å²) in [6, 6.07) is 0.0890. The van der Waals surface area contributed by atoms with E-state index in [4.69, 9.17) is 5.11 Å². The van der Waals surface area contributed by atoms with Crippen LogP contribution < -0.4 is 5.32 Å². The minimum Gasteiger partial charge on any atom is -0.395 e. The van der Waals surface area contributed by atoms with Gasteiger partial charge in [-0.15, -0.1) is 0 Å². The number of aliphatic hydroxyl groups excluding tert-OH is 1. The van der Waals surface area contributed by atoms with Crippen molar-refractivity contribution in [3.05, 3.63) is 11.4 Å². The lowest BCUT2D eigenvalue weighted by molar-refractivity contribution is 0.208. The highest BCUT2D eigenvalue weighted by Gasteiger charge is 2.13. The van der Waals surface area contributed by atoms with E-state index in [1.807, 2.05) is 6.92 Å². The molecule has 0 spiro atoms. The molecule has 1 aromatic rings. The Hall–Kier alpha value is -0.940. The number of rotatable bonds is 5. The molecular weight excluding hydrogens is 182 g/mol. The number of hydrogen-bond donors (Lipinski definition) is 2. The van der Waals surface area contributed by atoms with Gasteiger partial charge in [-0.05, 0) is 12.8 Å². The number of nitrogens with one attached hydrogen (secondary N) is 1. The molecule has 0 saturated heterocycles. The lowest BCUT2D eigenvalue weighted by Crippen LogP contribution is -2.36. The summed E-state index contributed by atoms with van der Waals surface area (Å²) in [5.41, 5.74) is 1.59. The molecule has 5 nitrogen and oxygen atoms in total. The van der Waals surface area contributed by atoms with E-state index in [1.54, 1.807) is 0 Å². The van der Waals surface area contributed by atoms with Gasteiger partial charge in [-0.2, -0.15) is 0 Å². The average molecular weight is 199 g/mol. The van der Waals surface area contributed by atoms with Crippen molar-refractivity contribution in [2.24, 2.45) is 5.92 Å². The monoisotopic (exact) mass is 199 g/mol. The van der Waals surface area contributed by atoms with Crippen LogP contribution in [0, 0.1) is 12.8 Å². The second-order valence-corrected chi connectivity index (χ2v) is 3.71. The van der Waals surface area contributed by atoms with Crippen LogP contribution in [0.2, 0.25) is 0 Å². The van der Waals surface area contributed by atoms with Crippen molar-refractivity contribution in [3.8, 4) is 0 Å². The molecule has 0 aliphatic heterocycles. The standard InChI is InChI=1S/C9H17N3O2/c1-6(2)9(5-13)10-4-8-7(3)11-14-12-8/h6,9-10,13H,4-5H2,1-3H3. The molecule has 1 atom stereocenters. The number of nitrogens with zero attached hydrogens (tertiary/aromatic N) is 2. The van der Waals surface area contributed by atoms with Crippen molar-refractivity contribution >= 4 is 0 Å². The zero-order valence-corrected chi connectivity index (χ0v) is 8.82. The van der Waals surface area contributed by atoms with Crippen molar-refractivity contribution in [3.63, 3.8) is 0 Å². The van der Waals surface area contributed by atoms with Crippen LogP contribution in [0.15, 0.2) is 4.63 Å². The van der Waals surface area contributed by atoms with Gasteiger partial charge in [0.15, 0.2) is 0 Å². The molecule has 80 valence electrons. The van der Waals surface area contributed by atoms with Gasteiger partial charge in [0.2, 0.25) is 0 Å². The van der Waals surface area contributed by atoms with Crippen LogP contribution in [0.4, 0.5) is 0 Å². The van der Waals surface area contributed by atoms with E-state index in [9.17, 15) is 0 Å². The molecule has 0 amide bonds. The number of aromatic nitrogens is 2. The summed E-state index contributed by atoms with van der Waals surface area (Å²) in [6.45, 7) is 6.67. The summed E-state index contributed by atoms with van der Waals surface area (Å²) < 4.78 is 4.57. The highest BCUT2D eigenvalue weighted by atomic mass is 16.6. The summed E-state index contributed by atoms with van der Waals surface area (Å²) in [4.78, 5) is 0. The van der Waals surface area contributed by atoms with Crippen molar-refractivity contribution < 1.29 is 9.74 Å². The van der Waals surface area contributed by atoms with Crippen LogP contribution in [0.1, 0.15) is 25.2 Å². The molecule has 1 heterocycles. The first-order valence-electron chi connectivity index (χ1n) is 4.77. The van der Waals surface area contributed by atoms with Gasteiger partial charge in [0.1, 0.15) is 11.4 Å². The third kappa shape index (κ3) is 2.78. The maximum absolute atomic E-state index is 9.07. The van der Waals surface area contributed by atoms with Crippen LogP contribution in [0.5, 0.6) is 0 Å². The fourth-order valence-corrected chi connectivity index (χ4v) is 1.15. The third-order valence-electron chi connectivity index (χ3n) is 2.28. The summed E-state index contributed by atoms with van der Waals surface area (Å²) in [5.74, 6) is 0.389. The lowest BCUT2D eigenvalue weighted by atomic mass is 10.1. The molecule has 1 unspecified atom stereocenters. The van der Waals surface area contributed by atoms with E-state index in [-0.39, 0.29) is 12.6 Å². The van der Waals surface area contributed by atoms with Gasteiger partial charge in [0.05, 0.1) is 6.61 Å². The molecule has 5 heteroatoms. The Balaban J connectivity index is 2.43. The zero-order valence-electron chi connectivity index (χ0n) is 8.82. The minimum absolute atomic E-state index is 0.0890. The van der Waals surface area contributed by atoms with E-state index >= 15 is 0 Å². The maximum Gasteiger partial charge on any atom is 0.121 e. The van der Waals surface area contributed by atoms with Crippen molar-refractivity contribution in [1.82, 2.24) is 15.6 Å². The largest absolute Gasteiger partial charge is 0.395 e. The number of hydrogen-bond acceptors (Lipinski definition) is 5. The molecule has 0 fully saturated rings. The molecule has 0 saturated carbocycles. The van der Waals surface area contributed by atoms with E-state index in [0.717, 1.165) is 11.4 Å². The Labute approximate surface area is 83.5 Å². The molecule has 0 aromatic carbocycles. The molecule has 1 aromatic heterocycles. The molecule has 0 aliphatic rings. The lowest BCUT2D eigenvalue weighted by Gasteiger charge is -2.18. The first kappa shape index (κ1) is 11.1. The number of aryl methyl sites for hydroxylation is 1. The fourth-order valence-electron chi connectivity index (χ4n) is 1.15. The van der Waals surface area contributed by atoms with Crippen LogP contribution in [0.3, 0.4) is 0 Å². The zero-order chi connectivity index (χ0) is 10.6. The maximum atomic E-state index is 9.07. The molecule has 14 heavy (non-hydrogen) atoms. The molecule has 1 rings (SSSR count). The molecule has 0 aliphatic carbocycles. The van der Waals surface area contributed by atoms with Gasteiger partial charge in [-0.3, -0.25) is 0 Å². The van der Waals surface area contributed by atoms with E-state index in [1.165, 1.54) is 0 Å². The third-order valence-corrected chi connectivity index (χ3v) is 2.28. The van der Waals surface area contributed by atoms with Gasteiger partial charge in [-0.1, -0.05) is 24.2 Å². The Morgan fingerprint density at radius 2 is 2.14 bits per heavy atom. The molecule has 2 N–H and O–H groups in total. The predicted molar refractivity (Wildman–Crippen MR) is 51.6 cm³/mol. The van der Waals surface area contributed by atoms with Crippen molar-refractivity contribution in [2.45, 2.75) is 33.4 Å². The Kier molecular flexibility index (Phi) is 4.03. The van der Waals surface area contributed by atoms with Gasteiger partial charge < -0.3 is 10.4 Å². The summed E-state index contributed by atoms with van der Waals surface area (Å²) in [7, 11) is 0. The summed E-state index contributed by atoms with van der Waals surface area (Å²) in [5, 5.41) is 19.7. The molecule has 0 radical (unpaired) electrons. The fraction of sp³-hybridized carbons (Fsp3) is 0.778. The number of aliphatic hydroxyl groups is 1. The minimum atomic E-state index is 0.0890. The van der Waals surface area contributed by atoms with Gasteiger partial charge in [0, 0.05) is 12.6 Å². The Bertz CT molecular complexity index is 273. The van der Waals surface area contributed by atoms with E-state index in [2.05, 4.69) is 34.1 Å². The SMILES string of the molecule is Cc1nonc1CNC(CO)C(C)C. The predicted octanol–water partition coefficient (Wildman–Crippen LogP) is 0.485. The van der Waals surface area contributed by atoms with Crippen LogP contribution in [0.25, 0.3) is 0 Å². The quantitative estimate of drug-likeness (QED) is 0.722. The highest BCUT2D eigenvalue weighted by molar-refractivity contribution is 5.04. The molecular formula is C9H17N3O2. The molecule has 0 bridgehead atoms. The second kappa shape index (κ2) is 5.07. The van der Waals surface area contributed by atoms with Crippen molar-refractivity contribution in [1.29, 1.82) is 0 Å². The van der Waals surface area contributed by atoms with E-state index < -0.39 is 0 Å². The Morgan fingerprint density at radius 3 is 2.57 bits per heavy atom. The highest BCUT2D eigenvalue weighted by Crippen LogP contribution is 2.04. The van der Waals surface area contributed by atoms with Crippen LogP contribution in [-0.2, 0) is 6.54 Å². The summed E-state index contributed by atoms with van der Waals surface area (Å²) in [6.07, 6.45) is 0. The topological polar surface area (TPSA) is 71.2 Å². The first-order chi connectivity index (χ1) is 6.65. The van der Waals surface area contributed by atoms with Crippen LogP contribution >= 0.6 is 0 Å². The summed E-state index contributed by atoms with van der Waals surface area (Å²) >= 11 is 0. The van der Waals surface area contributed by atoms with Gasteiger partial charge >= 0.3 is 0 Å². The van der Waals surface area contributed by atoms with Crippen molar-refractivity contribution in [2.75, 3.05) is 6.61 Å². The van der Waals surface area contributed by atoms with Gasteiger partial charge in [-0.25, -0.2) is 4.63 Å².